The second-order valence-electron chi connectivity index (χ2n) is 7.54. The molecule has 5 nitrogen and oxygen atoms in total. The zero-order chi connectivity index (χ0) is 19.3. The minimum Gasteiger partial charge on any atom is -0.484 e. The maximum absolute atomic E-state index is 12.9. The fourth-order valence-corrected chi connectivity index (χ4v) is 4.07. The zero-order valence-electron chi connectivity index (χ0n) is 16.0. The van der Waals surface area contributed by atoms with Crippen LogP contribution in [-0.4, -0.2) is 47.9 Å². The van der Waals surface area contributed by atoms with Gasteiger partial charge in [0.05, 0.1) is 0 Å². The summed E-state index contributed by atoms with van der Waals surface area (Å²) >= 11 is 0. The van der Waals surface area contributed by atoms with Gasteiger partial charge in [0.1, 0.15) is 5.75 Å². The molecular formula is C23H26N2O3. The lowest BCUT2D eigenvalue weighted by Gasteiger charge is -2.36. The molecule has 0 saturated carbocycles. The third kappa shape index (κ3) is 4.19. The number of nitrogens with zero attached hydrogens (tertiary/aromatic N) is 2. The van der Waals surface area contributed by atoms with Gasteiger partial charge in [-0.15, -0.1) is 0 Å². The van der Waals surface area contributed by atoms with Gasteiger partial charge in [0.2, 0.25) is 5.91 Å². The average molecular weight is 378 g/mol. The summed E-state index contributed by atoms with van der Waals surface area (Å²) in [5, 5.41) is 0. The average Bonchev–Trinajstić information content (AvgIpc) is 2.77. The molecule has 0 bridgehead atoms. The highest BCUT2D eigenvalue weighted by Gasteiger charge is 2.31. The van der Waals surface area contributed by atoms with Gasteiger partial charge in [0.15, 0.2) is 6.61 Å². The summed E-state index contributed by atoms with van der Waals surface area (Å²) in [6.45, 7) is 2.79. The van der Waals surface area contributed by atoms with Crippen molar-refractivity contribution in [3.8, 4) is 5.75 Å². The van der Waals surface area contributed by atoms with Gasteiger partial charge < -0.3 is 14.5 Å². The van der Waals surface area contributed by atoms with Gasteiger partial charge >= 0.3 is 0 Å². The summed E-state index contributed by atoms with van der Waals surface area (Å²) in [5.41, 5.74) is 2.61. The number of benzene rings is 2. The number of carbonyl (C=O) groups excluding carboxylic acids is 2. The van der Waals surface area contributed by atoms with Gasteiger partial charge in [-0.2, -0.15) is 0 Å². The standard InChI is InChI=1S/C23H26N2O3/c26-22(17-28-21-8-2-1-3-9-21)24-13-11-19(12-14-24)23(27)25-15-10-18-6-4-5-7-20(18)16-25/h1-9,19H,10-17H2. The molecular weight excluding hydrogens is 352 g/mol. The van der Waals surface area contributed by atoms with E-state index in [2.05, 4.69) is 18.2 Å². The van der Waals surface area contributed by atoms with Crippen LogP contribution < -0.4 is 4.74 Å². The first-order chi connectivity index (χ1) is 13.7. The minimum atomic E-state index is -0.0124. The van der Waals surface area contributed by atoms with Crippen LogP contribution in [0.5, 0.6) is 5.75 Å². The van der Waals surface area contributed by atoms with Crippen LogP contribution in [0.3, 0.4) is 0 Å². The maximum Gasteiger partial charge on any atom is 0.260 e. The van der Waals surface area contributed by atoms with Crippen LogP contribution in [0.25, 0.3) is 0 Å². The molecule has 0 atom stereocenters. The Hall–Kier alpha value is -2.82. The number of hydrogen-bond acceptors (Lipinski definition) is 3. The summed E-state index contributed by atoms with van der Waals surface area (Å²) in [5.74, 6) is 0.944. The van der Waals surface area contributed by atoms with E-state index in [1.165, 1.54) is 11.1 Å². The van der Waals surface area contributed by atoms with Crippen molar-refractivity contribution in [2.24, 2.45) is 5.92 Å². The number of fused-ring (bicyclic) bond motifs is 1. The van der Waals surface area contributed by atoms with Crippen molar-refractivity contribution < 1.29 is 14.3 Å². The van der Waals surface area contributed by atoms with E-state index in [1.54, 1.807) is 0 Å². The highest BCUT2D eigenvalue weighted by Crippen LogP contribution is 2.24. The Kier molecular flexibility index (Phi) is 5.60. The van der Waals surface area contributed by atoms with Crippen LogP contribution in [0.15, 0.2) is 54.6 Å². The van der Waals surface area contributed by atoms with Crippen molar-refractivity contribution in [2.45, 2.75) is 25.8 Å². The summed E-state index contributed by atoms with van der Waals surface area (Å²) in [4.78, 5) is 29.1. The maximum atomic E-state index is 12.9. The molecule has 1 saturated heterocycles. The van der Waals surface area contributed by atoms with E-state index in [1.807, 2.05) is 46.2 Å². The lowest BCUT2D eigenvalue weighted by Crippen LogP contribution is -2.46. The van der Waals surface area contributed by atoms with Gasteiger partial charge in [-0.25, -0.2) is 0 Å². The van der Waals surface area contributed by atoms with Crippen LogP contribution in [-0.2, 0) is 22.6 Å². The Labute approximate surface area is 165 Å². The van der Waals surface area contributed by atoms with E-state index in [0.717, 1.165) is 25.8 Å². The topological polar surface area (TPSA) is 49.9 Å². The third-order valence-corrected chi connectivity index (χ3v) is 5.74. The molecule has 0 spiro atoms. The van der Waals surface area contributed by atoms with Crippen LogP contribution >= 0.6 is 0 Å². The monoisotopic (exact) mass is 378 g/mol. The first kappa shape index (κ1) is 18.5. The molecule has 0 aromatic heterocycles. The van der Waals surface area contributed by atoms with E-state index in [4.69, 9.17) is 4.74 Å². The minimum absolute atomic E-state index is 0.0124. The molecule has 0 unspecified atom stereocenters. The van der Waals surface area contributed by atoms with Crippen molar-refractivity contribution in [1.82, 2.24) is 9.80 Å². The van der Waals surface area contributed by atoms with Crippen molar-refractivity contribution in [2.75, 3.05) is 26.2 Å². The largest absolute Gasteiger partial charge is 0.484 e. The summed E-state index contributed by atoms with van der Waals surface area (Å²) < 4.78 is 5.56. The smallest absolute Gasteiger partial charge is 0.260 e. The lowest BCUT2D eigenvalue weighted by molar-refractivity contribution is -0.142. The highest BCUT2D eigenvalue weighted by molar-refractivity contribution is 5.81. The highest BCUT2D eigenvalue weighted by atomic mass is 16.5. The number of ether oxygens (including phenoxy) is 1. The molecule has 28 heavy (non-hydrogen) atoms. The molecule has 2 aromatic carbocycles. The van der Waals surface area contributed by atoms with Gasteiger partial charge in [0, 0.05) is 32.1 Å². The molecule has 5 heteroatoms. The number of rotatable bonds is 4. The Bertz CT molecular complexity index is 829. The van der Waals surface area contributed by atoms with Gasteiger partial charge in [-0.3, -0.25) is 9.59 Å². The number of para-hydroxylation sites is 1. The molecule has 2 amide bonds. The van der Waals surface area contributed by atoms with Crippen molar-refractivity contribution in [3.63, 3.8) is 0 Å². The van der Waals surface area contributed by atoms with E-state index in [0.29, 0.717) is 25.4 Å². The molecule has 0 aliphatic carbocycles. The number of amides is 2. The van der Waals surface area contributed by atoms with E-state index >= 15 is 0 Å². The van der Waals surface area contributed by atoms with Gasteiger partial charge in [-0.05, 0) is 42.5 Å². The Morgan fingerprint density at radius 2 is 1.54 bits per heavy atom. The first-order valence-corrected chi connectivity index (χ1v) is 10.0. The van der Waals surface area contributed by atoms with Gasteiger partial charge in [0.25, 0.3) is 5.91 Å². The normalized spacial score (nSPS) is 17.1. The molecule has 2 heterocycles. The number of likely N-dealkylation sites (tertiary alicyclic amines) is 1. The SMILES string of the molecule is O=C(COc1ccccc1)N1CCC(C(=O)N2CCc3ccccc3C2)CC1. The molecule has 146 valence electrons. The van der Waals surface area contributed by atoms with E-state index in [-0.39, 0.29) is 24.3 Å². The van der Waals surface area contributed by atoms with Crippen molar-refractivity contribution >= 4 is 11.8 Å². The van der Waals surface area contributed by atoms with Crippen molar-refractivity contribution in [3.05, 3.63) is 65.7 Å². The summed E-state index contributed by atoms with van der Waals surface area (Å²) in [7, 11) is 0. The van der Waals surface area contributed by atoms with Crippen LogP contribution in [0.4, 0.5) is 0 Å². The van der Waals surface area contributed by atoms with Crippen LogP contribution in [0.2, 0.25) is 0 Å². The van der Waals surface area contributed by atoms with E-state index in [9.17, 15) is 9.59 Å². The summed E-state index contributed by atoms with van der Waals surface area (Å²) in [6, 6.07) is 17.7. The quantitative estimate of drug-likeness (QED) is 0.822. The predicted octanol–water partition coefficient (Wildman–Crippen LogP) is 2.89. The fraction of sp³-hybridized carbons (Fsp3) is 0.391. The number of hydrogen-bond donors (Lipinski definition) is 0. The second kappa shape index (κ2) is 8.46. The summed E-state index contributed by atoms with van der Waals surface area (Å²) in [6.07, 6.45) is 2.39. The molecule has 2 aliphatic heterocycles. The van der Waals surface area contributed by atoms with Crippen LogP contribution in [0, 0.1) is 5.92 Å². The fourth-order valence-electron chi connectivity index (χ4n) is 4.07. The first-order valence-electron chi connectivity index (χ1n) is 10.0. The Morgan fingerprint density at radius 1 is 0.857 bits per heavy atom. The molecule has 1 fully saturated rings. The Morgan fingerprint density at radius 3 is 2.29 bits per heavy atom. The third-order valence-electron chi connectivity index (χ3n) is 5.74. The zero-order valence-corrected chi connectivity index (χ0v) is 16.0. The molecule has 2 aromatic rings. The molecule has 2 aliphatic rings. The second-order valence-corrected chi connectivity index (χ2v) is 7.54. The molecule has 4 rings (SSSR count). The van der Waals surface area contributed by atoms with Gasteiger partial charge in [-0.1, -0.05) is 42.5 Å². The van der Waals surface area contributed by atoms with Crippen molar-refractivity contribution in [1.29, 1.82) is 0 Å². The molecule has 0 N–H and O–H groups in total. The van der Waals surface area contributed by atoms with Crippen LogP contribution in [0.1, 0.15) is 24.0 Å². The number of carbonyl (C=O) groups is 2. The van der Waals surface area contributed by atoms with E-state index < -0.39 is 0 Å². The Balaban J connectivity index is 1.26. The lowest BCUT2D eigenvalue weighted by atomic mass is 9.93. The molecule has 0 radical (unpaired) electrons. The number of piperidine rings is 1. The predicted molar refractivity (Wildman–Crippen MR) is 107 cm³/mol.